The summed E-state index contributed by atoms with van der Waals surface area (Å²) < 4.78 is 16.3. The van der Waals surface area contributed by atoms with Crippen LogP contribution in [-0.2, 0) is 14.2 Å². The van der Waals surface area contributed by atoms with E-state index >= 15 is 0 Å². The van der Waals surface area contributed by atoms with E-state index in [1.807, 2.05) is 0 Å². The van der Waals surface area contributed by atoms with Crippen LogP contribution in [0.5, 0.6) is 0 Å². The molecule has 3 aliphatic heterocycles. The molecular weight excluding hydrogens is 284 g/mol. The SMILES string of the molecule is COCN1CC[C@H]2N(COC)CC[C@H]3N(COC)CC[C@H]1N32. The van der Waals surface area contributed by atoms with Crippen LogP contribution in [0, 0.1) is 0 Å². The molecule has 0 aromatic rings. The highest BCUT2D eigenvalue weighted by molar-refractivity contribution is 4.96. The van der Waals surface area contributed by atoms with E-state index in [4.69, 9.17) is 14.2 Å². The van der Waals surface area contributed by atoms with Gasteiger partial charge in [-0.05, 0) is 19.3 Å². The maximum Gasteiger partial charge on any atom is 0.0998 e. The lowest BCUT2D eigenvalue weighted by atomic mass is 9.99. The first kappa shape index (κ1) is 16.6. The molecule has 0 amide bonds. The number of hydrogen-bond donors (Lipinski definition) is 0. The summed E-state index contributed by atoms with van der Waals surface area (Å²) in [6, 6.07) is 0. The van der Waals surface area contributed by atoms with Gasteiger partial charge < -0.3 is 14.2 Å². The fourth-order valence-electron chi connectivity index (χ4n) is 4.40. The topological polar surface area (TPSA) is 40.6 Å². The maximum atomic E-state index is 5.42. The molecule has 3 atom stereocenters. The first-order chi connectivity index (χ1) is 10.8. The third-order valence-electron chi connectivity index (χ3n) is 5.21. The highest BCUT2D eigenvalue weighted by atomic mass is 16.5. The van der Waals surface area contributed by atoms with Gasteiger partial charge in [0, 0.05) is 41.0 Å². The molecule has 3 aliphatic rings. The van der Waals surface area contributed by atoms with Crippen LogP contribution in [0.1, 0.15) is 19.3 Å². The Morgan fingerprint density at radius 3 is 1.23 bits per heavy atom. The molecule has 3 heterocycles. The summed E-state index contributed by atoms with van der Waals surface area (Å²) in [6.07, 6.45) is 4.83. The van der Waals surface area contributed by atoms with E-state index in [0.717, 1.165) is 59.1 Å². The van der Waals surface area contributed by atoms with Crippen LogP contribution in [-0.4, -0.2) is 99.3 Å². The van der Waals surface area contributed by atoms with Gasteiger partial charge >= 0.3 is 0 Å². The van der Waals surface area contributed by atoms with E-state index in [2.05, 4.69) is 19.6 Å². The third-order valence-corrected chi connectivity index (χ3v) is 5.21. The molecule has 0 radical (unpaired) electrons. The van der Waals surface area contributed by atoms with Gasteiger partial charge in [-0.25, -0.2) is 0 Å². The molecule has 0 aromatic heterocycles. The number of rotatable bonds is 6. The zero-order valence-electron chi connectivity index (χ0n) is 14.1. The second-order valence-electron chi connectivity index (χ2n) is 6.45. The summed E-state index contributed by atoms with van der Waals surface area (Å²) >= 11 is 0. The van der Waals surface area contributed by atoms with Crippen molar-refractivity contribution < 1.29 is 14.2 Å². The third kappa shape index (κ3) is 3.03. The van der Waals surface area contributed by atoms with Crippen molar-refractivity contribution in [2.24, 2.45) is 0 Å². The standard InChI is InChI=1S/C15H30N4O3/c1-20-10-16-7-4-14-18(12-22-3)9-6-15-17(11-21-2)8-5-13(16)19(14)15/h13-15H,4-12H2,1-3H3/t13-,14-,15+/m0/s1. The van der Waals surface area contributed by atoms with Crippen LogP contribution in [0.25, 0.3) is 0 Å². The van der Waals surface area contributed by atoms with Crippen molar-refractivity contribution in [1.82, 2.24) is 19.6 Å². The molecular formula is C15H30N4O3. The second kappa shape index (κ2) is 7.53. The quantitative estimate of drug-likeness (QED) is 0.693. The lowest BCUT2D eigenvalue weighted by Crippen LogP contribution is -2.74. The zero-order valence-corrected chi connectivity index (χ0v) is 14.1. The van der Waals surface area contributed by atoms with Gasteiger partial charge in [0.25, 0.3) is 0 Å². The van der Waals surface area contributed by atoms with Crippen molar-refractivity contribution in [3.8, 4) is 0 Å². The summed E-state index contributed by atoms with van der Waals surface area (Å²) in [5.74, 6) is 0. The lowest BCUT2D eigenvalue weighted by Gasteiger charge is -2.61. The summed E-state index contributed by atoms with van der Waals surface area (Å²) in [4.78, 5) is 10.1. The summed E-state index contributed by atoms with van der Waals surface area (Å²) in [7, 11) is 5.37. The molecule has 0 aliphatic carbocycles. The first-order valence-electron chi connectivity index (χ1n) is 8.26. The molecule has 0 saturated carbocycles. The highest BCUT2D eigenvalue weighted by Gasteiger charge is 2.48. The number of nitrogens with zero attached hydrogens (tertiary/aromatic N) is 4. The Morgan fingerprint density at radius 1 is 0.636 bits per heavy atom. The van der Waals surface area contributed by atoms with Crippen molar-refractivity contribution in [3.05, 3.63) is 0 Å². The van der Waals surface area contributed by atoms with Crippen LogP contribution in [0.15, 0.2) is 0 Å². The molecule has 0 aromatic carbocycles. The van der Waals surface area contributed by atoms with Crippen molar-refractivity contribution in [2.75, 3.05) is 61.2 Å². The minimum atomic E-state index is 0.469. The molecule has 3 fully saturated rings. The molecule has 22 heavy (non-hydrogen) atoms. The second-order valence-corrected chi connectivity index (χ2v) is 6.45. The van der Waals surface area contributed by atoms with Gasteiger partial charge in [-0.2, -0.15) is 0 Å². The van der Waals surface area contributed by atoms with Crippen molar-refractivity contribution in [3.63, 3.8) is 0 Å². The van der Waals surface area contributed by atoms with E-state index in [-0.39, 0.29) is 0 Å². The minimum Gasteiger partial charge on any atom is -0.369 e. The fourth-order valence-corrected chi connectivity index (χ4v) is 4.40. The van der Waals surface area contributed by atoms with Crippen LogP contribution in [0.4, 0.5) is 0 Å². The number of methoxy groups -OCH3 is 3. The summed E-state index contributed by atoms with van der Waals surface area (Å²) in [6.45, 7) is 5.43. The molecule has 0 N–H and O–H groups in total. The number of hydrogen-bond acceptors (Lipinski definition) is 7. The molecule has 7 nitrogen and oxygen atoms in total. The van der Waals surface area contributed by atoms with Crippen LogP contribution in [0.3, 0.4) is 0 Å². The minimum absolute atomic E-state index is 0.469. The maximum absolute atomic E-state index is 5.42. The Morgan fingerprint density at radius 2 is 0.955 bits per heavy atom. The van der Waals surface area contributed by atoms with Crippen LogP contribution >= 0.6 is 0 Å². The molecule has 3 saturated heterocycles. The Kier molecular flexibility index (Phi) is 5.67. The molecule has 7 heteroatoms. The van der Waals surface area contributed by atoms with Gasteiger partial charge in [0.2, 0.25) is 0 Å². The predicted molar refractivity (Wildman–Crippen MR) is 82.8 cm³/mol. The summed E-state index contributed by atoms with van der Waals surface area (Å²) in [5, 5.41) is 0. The van der Waals surface area contributed by atoms with Gasteiger partial charge in [0.1, 0.15) is 0 Å². The molecule has 0 unspecified atom stereocenters. The van der Waals surface area contributed by atoms with E-state index in [9.17, 15) is 0 Å². The van der Waals surface area contributed by atoms with Crippen LogP contribution < -0.4 is 0 Å². The van der Waals surface area contributed by atoms with Crippen molar-refractivity contribution >= 4 is 0 Å². The Bertz CT molecular complexity index is 307. The van der Waals surface area contributed by atoms with E-state index in [0.29, 0.717) is 18.5 Å². The fraction of sp³-hybridized carbons (Fsp3) is 1.00. The van der Waals surface area contributed by atoms with E-state index in [1.54, 1.807) is 21.3 Å². The van der Waals surface area contributed by atoms with Crippen LogP contribution in [0.2, 0.25) is 0 Å². The van der Waals surface area contributed by atoms with Gasteiger partial charge in [0.15, 0.2) is 0 Å². The highest BCUT2D eigenvalue weighted by Crippen LogP contribution is 2.36. The molecule has 128 valence electrons. The molecule has 0 spiro atoms. The molecule has 3 rings (SSSR count). The van der Waals surface area contributed by atoms with Gasteiger partial charge in [-0.1, -0.05) is 0 Å². The van der Waals surface area contributed by atoms with Gasteiger partial charge in [-0.15, -0.1) is 0 Å². The Balaban J connectivity index is 1.80. The van der Waals surface area contributed by atoms with Crippen molar-refractivity contribution in [2.45, 2.75) is 37.8 Å². The van der Waals surface area contributed by atoms with Crippen molar-refractivity contribution in [1.29, 1.82) is 0 Å². The van der Waals surface area contributed by atoms with E-state index in [1.165, 1.54) is 0 Å². The predicted octanol–water partition coefficient (Wildman–Crippen LogP) is 0.196. The Hall–Kier alpha value is -0.280. The average Bonchev–Trinajstić information content (AvgIpc) is 2.53. The molecule has 0 bridgehead atoms. The Labute approximate surface area is 133 Å². The van der Waals surface area contributed by atoms with Gasteiger partial charge in [-0.3, -0.25) is 19.6 Å². The van der Waals surface area contributed by atoms with E-state index < -0.39 is 0 Å². The summed E-state index contributed by atoms with van der Waals surface area (Å²) in [5.41, 5.74) is 0. The lowest BCUT2D eigenvalue weighted by molar-refractivity contribution is -0.231. The average molecular weight is 314 g/mol. The largest absolute Gasteiger partial charge is 0.369 e. The smallest absolute Gasteiger partial charge is 0.0998 e. The van der Waals surface area contributed by atoms with Gasteiger partial charge in [0.05, 0.1) is 38.7 Å². The number of ether oxygens (including phenoxy) is 3. The first-order valence-corrected chi connectivity index (χ1v) is 8.26. The zero-order chi connectivity index (χ0) is 15.5. The normalized spacial score (nSPS) is 34.8. The monoisotopic (exact) mass is 314 g/mol.